The van der Waals surface area contributed by atoms with Gasteiger partial charge in [-0.25, -0.2) is 34.1 Å². The number of halogens is 3. The van der Waals surface area contributed by atoms with Gasteiger partial charge < -0.3 is 9.84 Å². The van der Waals surface area contributed by atoms with Gasteiger partial charge in [0.05, 0.1) is 36.6 Å². The van der Waals surface area contributed by atoms with Crippen LogP contribution in [0.4, 0.5) is 13.2 Å². The van der Waals surface area contributed by atoms with Gasteiger partial charge in [-0.15, -0.1) is 0 Å². The van der Waals surface area contributed by atoms with Crippen molar-refractivity contribution in [2.45, 2.75) is 31.5 Å². The van der Waals surface area contributed by atoms with E-state index in [1.54, 1.807) is 29.2 Å². The highest BCUT2D eigenvalue weighted by molar-refractivity contribution is 5.86. The van der Waals surface area contributed by atoms with Gasteiger partial charge in [-0.3, -0.25) is 0 Å². The van der Waals surface area contributed by atoms with E-state index in [9.17, 15) is 23.1 Å². The molecule has 0 saturated heterocycles. The second-order valence-electron chi connectivity index (χ2n) is 8.99. The van der Waals surface area contributed by atoms with E-state index >= 15 is 0 Å². The van der Waals surface area contributed by atoms with Crippen LogP contribution in [0.25, 0.3) is 28.1 Å². The third-order valence-electron chi connectivity index (χ3n) is 6.33. The molecule has 0 radical (unpaired) electrons. The molecule has 39 heavy (non-hydrogen) atoms. The second kappa shape index (κ2) is 9.15. The average molecular weight is 536 g/mol. The van der Waals surface area contributed by atoms with Crippen molar-refractivity contribution in [2.75, 3.05) is 7.11 Å². The standard InChI is InChI=1S/C25H19F3N8O3/c1-39-23-19(20(14-4-5-14)30-12-31-23)21-29-9-15-10-32-35(22(15)33-21)11-13-2-6-16(7-3-13)36-17(24(37)38)8-18(34-36)25(26,27)28/h2-3,6-10,12,14H,4-5,11H2,1H3,(H,37,38). The quantitative estimate of drug-likeness (QED) is 0.326. The Labute approximate surface area is 217 Å². The topological polar surface area (TPSA) is 134 Å². The van der Waals surface area contributed by atoms with Crippen LogP contribution >= 0.6 is 0 Å². The molecule has 1 aliphatic carbocycles. The van der Waals surface area contributed by atoms with Crippen LogP contribution in [0.15, 0.2) is 49.1 Å². The maximum Gasteiger partial charge on any atom is 0.435 e. The number of hydrogen-bond donors (Lipinski definition) is 1. The number of aromatic carboxylic acids is 1. The molecule has 1 aromatic carbocycles. The molecule has 0 bridgehead atoms. The molecule has 0 aliphatic heterocycles. The second-order valence-corrected chi connectivity index (χ2v) is 8.99. The summed E-state index contributed by atoms with van der Waals surface area (Å²) in [5.41, 5.74) is 1.10. The van der Waals surface area contributed by atoms with Crippen molar-refractivity contribution in [3.8, 4) is 23.0 Å². The number of benzene rings is 1. The maximum absolute atomic E-state index is 13.1. The van der Waals surface area contributed by atoms with Crippen molar-refractivity contribution in [2.24, 2.45) is 0 Å². The Kier molecular flexibility index (Phi) is 5.74. The van der Waals surface area contributed by atoms with Crippen LogP contribution in [0, 0.1) is 0 Å². The number of hydrogen-bond acceptors (Lipinski definition) is 8. The van der Waals surface area contributed by atoms with Crippen molar-refractivity contribution in [1.82, 2.24) is 39.5 Å². The number of aromatic nitrogens is 8. The molecule has 0 amide bonds. The van der Waals surface area contributed by atoms with Gasteiger partial charge in [-0.05, 0) is 30.5 Å². The van der Waals surface area contributed by atoms with E-state index in [4.69, 9.17) is 9.72 Å². The molecule has 5 aromatic rings. The van der Waals surface area contributed by atoms with Gasteiger partial charge >= 0.3 is 12.1 Å². The maximum atomic E-state index is 13.1. The lowest BCUT2D eigenvalue weighted by molar-refractivity contribution is -0.141. The number of ether oxygens (including phenoxy) is 1. The third-order valence-corrected chi connectivity index (χ3v) is 6.33. The number of rotatable bonds is 7. The monoisotopic (exact) mass is 536 g/mol. The number of carboxylic acid groups (broad SMARTS) is 1. The summed E-state index contributed by atoms with van der Waals surface area (Å²) in [5, 5.41) is 17.9. The van der Waals surface area contributed by atoms with Crippen molar-refractivity contribution in [3.05, 3.63) is 71.7 Å². The largest absolute Gasteiger partial charge is 0.480 e. The molecular formula is C25H19F3N8O3. The Morgan fingerprint density at radius 2 is 1.90 bits per heavy atom. The van der Waals surface area contributed by atoms with Crippen molar-refractivity contribution >= 4 is 17.0 Å². The number of carboxylic acids is 1. The molecule has 6 rings (SSSR count). The van der Waals surface area contributed by atoms with Crippen LogP contribution < -0.4 is 4.74 Å². The molecule has 1 saturated carbocycles. The summed E-state index contributed by atoms with van der Waals surface area (Å²) in [6.07, 6.45) is 2.04. The molecule has 4 aromatic heterocycles. The molecule has 1 N–H and O–H groups in total. The lowest BCUT2D eigenvalue weighted by Crippen LogP contribution is -2.10. The van der Waals surface area contributed by atoms with Gasteiger partial charge in [0.1, 0.15) is 11.9 Å². The van der Waals surface area contributed by atoms with E-state index in [2.05, 4.69) is 25.1 Å². The Morgan fingerprint density at radius 3 is 2.56 bits per heavy atom. The lowest BCUT2D eigenvalue weighted by atomic mass is 10.1. The number of nitrogens with zero attached hydrogens (tertiary/aromatic N) is 8. The summed E-state index contributed by atoms with van der Waals surface area (Å²) in [7, 11) is 1.53. The highest BCUT2D eigenvalue weighted by atomic mass is 19.4. The van der Waals surface area contributed by atoms with Gasteiger partial charge in [-0.2, -0.15) is 23.4 Å². The SMILES string of the molecule is COc1ncnc(C2CC2)c1-c1ncc2cnn(Cc3ccc(-n4nc(C(F)(F)F)cc4C(=O)O)cc3)c2n1. The summed E-state index contributed by atoms with van der Waals surface area (Å²) in [4.78, 5) is 29.4. The Bertz CT molecular complexity index is 1710. The van der Waals surface area contributed by atoms with E-state index in [0.29, 0.717) is 40.3 Å². The van der Waals surface area contributed by atoms with Gasteiger partial charge in [-0.1, -0.05) is 12.1 Å². The highest BCUT2D eigenvalue weighted by Gasteiger charge is 2.36. The normalized spacial score (nSPS) is 13.6. The lowest BCUT2D eigenvalue weighted by Gasteiger charge is -2.11. The summed E-state index contributed by atoms with van der Waals surface area (Å²) in [6, 6.07) is 6.81. The molecule has 4 heterocycles. The Hall–Kier alpha value is -4.88. The average Bonchev–Trinajstić information content (AvgIpc) is 3.53. The smallest absolute Gasteiger partial charge is 0.435 e. The van der Waals surface area contributed by atoms with Crippen molar-refractivity contribution < 1.29 is 27.8 Å². The summed E-state index contributed by atoms with van der Waals surface area (Å²) in [5.74, 6) is -0.408. The zero-order chi connectivity index (χ0) is 27.3. The summed E-state index contributed by atoms with van der Waals surface area (Å²) < 4.78 is 47.2. The molecule has 198 valence electrons. The van der Waals surface area contributed by atoms with E-state index < -0.39 is 23.5 Å². The van der Waals surface area contributed by atoms with Crippen LogP contribution in [0.2, 0.25) is 0 Å². The van der Waals surface area contributed by atoms with E-state index in [0.717, 1.165) is 28.8 Å². The zero-order valence-electron chi connectivity index (χ0n) is 20.3. The van der Waals surface area contributed by atoms with Crippen LogP contribution in [0.3, 0.4) is 0 Å². The predicted molar refractivity (Wildman–Crippen MR) is 130 cm³/mol. The van der Waals surface area contributed by atoms with Crippen LogP contribution in [0.5, 0.6) is 5.88 Å². The minimum absolute atomic E-state index is 0.172. The highest BCUT2D eigenvalue weighted by Crippen LogP contribution is 2.44. The van der Waals surface area contributed by atoms with Crippen LogP contribution in [0.1, 0.15) is 46.2 Å². The fraction of sp³-hybridized carbons (Fsp3) is 0.240. The van der Waals surface area contributed by atoms with Crippen LogP contribution in [-0.4, -0.2) is 57.7 Å². The summed E-state index contributed by atoms with van der Waals surface area (Å²) >= 11 is 0. The van der Waals surface area contributed by atoms with Gasteiger partial charge in [0.2, 0.25) is 5.88 Å². The van der Waals surface area contributed by atoms with Gasteiger partial charge in [0.25, 0.3) is 0 Å². The van der Waals surface area contributed by atoms with Crippen molar-refractivity contribution in [3.63, 3.8) is 0 Å². The van der Waals surface area contributed by atoms with Crippen molar-refractivity contribution in [1.29, 1.82) is 0 Å². The molecule has 14 heteroatoms. The zero-order valence-corrected chi connectivity index (χ0v) is 20.3. The van der Waals surface area contributed by atoms with E-state index in [1.165, 1.54) is 25.6 Å². The Balaban J connectivity index is 1.32. The predicted octanol–water partition coefficient (Wildman–Crippen LogP) is 4.12. The van der Waals surface area contributed by atoms with E-state index in [1.807, 2.05) is 0 Å². The fourth-order valence-electron chi connectivity index (χ4n) is 4.30. The molecule has 0 unspecified atom stereocenters. The summed E-state index contributed by atoms with van der Waals surface area (Å²) in [6.45, 7) is 0.289. The number of fused-ring (bicyclic) bond motifs is 1. The molecule has 0 spiro atoms. The molecule has 11 nitrogen and oxygen atoms in total. The first kappa shape index (κ1) is 24.5. The molecule has 1 fully saturated rings. The minimum Gasteiger partial charge on any atom is -0.480 e. The minimum atomic E-state index is -4.77. The number of carbonyl (C=O) groups is 1. The first-order valence-corrected chi connectivity index (χ1v) is 11.8. The van der Waals surface area contributed by atoms with E-state index in [-0.39, 0.29) is 12.2 Å². The first-order valence-electron chi connectivity index (χ1n) is 11.8. The Morgan fingerprint density at radius 1 is 1.13 bits per heavy atom. The van der Waals surface area contributed by atoms with Gasteiger partial charge in [0, 0.05) is 18.2 Å². The molecule has 1 aliphatic rings. The number of alkyl halides is 3. The molecule has 0 atom stereocenters. The number of methoxy groups -OCH3 is 1. The van der Waals surface area contributed by atoms with Crippen LogP contribution in [-0.2, 0) is 12.7 Å². The van der Waals surface area contributed by atoms with Gasteiger partial charge in [0.15, 0.2) is 22.9 Å². The first-order chi connectivity index (χ1) is 18.7. The molecular weight excluding hydrogens is 517 g/mol. The fourth-order valence-corrected chi connectivity index (χ4v) is 4.30. The third kappa shape index (κ3) is 4.53.